The molecule has 37 heavy (non-hydrogen) atoms. The first-order chi connectivity index (χ1) is 17.4. The number of amides is 1. The van der Waals surface area contributed by atoms with Crippen LogP contribution < -0.4 is 10.5 Å². The summed E-state index contributed by atoms with van der Waals surface area (Å²) in [5.41, 5.74) is 6.20. The molecule has 0 saturated heterocycles. The van der Waals surface area contributed by atoms with Crippen molar-refractivity contribution in [2.45, 2.75) is 51.8 Å². The average Bonchev–Trinajstić information content (AvgIpc) is 3.26. The van der Waals surface area contributed by atoms with Crippen molar-refractivity contribution in [2.75, 3.05) is 5.73 Å². The summed E-state index contributed by atoms with van der Waals surface area (Å²) in [6.45, 7) is 5.67. The minimum atomic E-state index is -1.35. The number of hydrogen-bond donors (Lipinski definition) is 1. The van der Waals surface area contributed by atoms with E-state index in [2.05, 4.69) is 12.1 Å². The minimum absolute atomic E-state index is 0.0885. The second-order valence-electron chi connectivity index (χ2n) is 9.88. The maximum atomic E-state index is 14.5. The molecule has 10 heteroatoms. The van der Waals surface area contributed by atoms with Gasteiger partial charge in [-0.3, -0.25) is 10.1 Å². The Labute approximate surface area is 212 Å². The van der Waals surface area contributed by atoms with Crippen molar-refractivity contribution in [1.29, 1.82) is 0 Å². The predicted molar refractivity (Wildman–Crippen MR) is 133 cm³/mol. The topological polar surface area (TPSA) is 108 Å². The minimum Gasteiger partial charge on any atom is -0.451 e. The molecule has 0 radical (unpaired) electrons. The largest absolute Gasteiger partial charge is 0.451 e. The van der Waals surface area contributed by atoms with Crippen LogP contribution in [0.5, 0.6) is 11.5 Å². The van der Waals surface area contributed by atoms with Crippen LogP contribution in [0.2, 0.25) is 0 Å². The van der Waals surface area contributed by atoms with Gasteiger partial charge in [-0.2, -0.15) is 0 Å². The molecule has 0 bridgehead atoms. The van der Waals surface area contributed by atoms with Gasteiger partial charge in [0.2, 0.25) is 5.75 Å². The lowest BCUT2D eigenvalue weighted by Gasteiger charge is -2.31. The second kappa shape index (κ2) is 10.0. The van der Waals surface area contributed by atoms with Gasteiger partial charge in [0.15, 0.2) is 17.3 Å². The van der Waals surface area contributed by atoms with Gasteiger partial charge in [0.1, 0.15) is 11.4 Å². The van der Waals surface area contributed by atoms with E-state index in [1.54, 1.807) is 17.0 Å². The highest BCUT2D eigenvalue weighted by Gasteiger charge is 2.33. The van der Waals surface area contributed by atoms with E-state index in [0.29, 0.717) is 18.9 Å². The highest BCUT2D eigenvalue weighted by Crippen LogP contribution is 2.36. The lowest BCUT2D eigenvalue weighted by Crippen LogP contribution is -2.43. The van der Waals surface area contributed by atoms with Crippen LogP contribution in [0.3, 0.4) is 0 Å². The monoisotopic (exact) mass is 511 g/mol. The summed E-state index contributed by atoms with van der Waals surface area (Å²) in [6, 6.07) is 14.8. The van der Waals surface area contributed by atoms with E-state index in [4.69, 9.17) is 15.2 Å². The molecule has 3 aromatic carbocycles. The number of carbonyl (C=O) groups is 1. The van der Waals surface area contributed by atoms with Crippen LogP contribution in [-0.2, 0) is 24.1 Å². The van der Waals surface area contributed by atoms with E-state index < -0.39 is 45.4 Å². The van der Waals surface area contributed by atoms with Gasteiger partial charge < -0.3 is 20.1 Å². The molecule has 1 aliphatic carbocycles. The average molecular weight is 512 g/mol. The number of nitrogens with two attached hydrogens (primary N) is 1. The van der Waals surface area contributed by atoms with E-state index in [0.717, 1.165) is 5.56 Å². The van der Waals surface area contributed by atoms with Crippen LogP contribution in [0.4, 0.5) is 25.0 Å². The first kappa shape index (κ1) is 25.9. The molecule has 3 aromatic rings. The van der Waals surface area contributed by atoms with Crippen molar-refractivity contribution < 1.29 is 28.0 Å². The molecule has 1 amide bonds. The molecule has 4 rings (SSSR count). The Morgan fingerprint density at radius 1 is 1.11 bits per heavy atom. The van der Waals surface area contributed by atoms with Gasteiger partial charge in [0.05, 0.1) is 11.0 Å². The fraction of sp³-hybridized carbons (Fsp3) is 0.296. The van der Waals surface area contributed by atoms with Gasteiger partial charge >= 0.3 is 6.09 Å². The van der Waals surface area contributed by atoms with Crippen LogP contribution in [-0.4, -0.2) is 27.6 Å². The molecule has 0 saturated carbocycles. The Balaban J connectivity index is 1.53. The summed E-state index contributed by atoms with van der Waals surface area (Å²) in [5, 5.41) is 10.9. The lowest BCUT2D eigenvalue weighted by molar-refractivity contribution is -0.384. The maximum absolute atomic E-state index is 14.5. The van der Waals surface area contributed by atoms with Gasteiger partial charge in [-0.05, 0) is 62.4 Å². The normalized spacial score (nSPS) is 13.2. The number of ether oxygens (including phenoxy) is 2. The third kappa shape index (κ3) is 5.79. The summed E-state index contributed by atoms with van der Waals surface area (Å²) >= 11 is 0. The van der Waals surface area contributed by atoms with Gasteiger partial charge in [-0.1, -0.05) is 36.4 Å². The number of hydrogen-bond acceptors (Lipinski definition) is 6. The maximum Gasteiger partial charge on any atom is 0.410 e. The highest BCUT2D eigenvalue weighted by molar-refractivity contribution is 5.69. The van der Waals surface area contributed by atoms with Gasteiger partial charge in [-0.15, -0.1) is 0 Å². The summed E-state index contributed by atoms with van der Waals surface area (Å²) in [4.78, 5) is 24.8. The van der Waals surface area contributed by atoms with E-state index in [1.807, 2.05) is 32.9 Å². The van der Waals surface area contributed by atoms with E-state index in [-0.39, 0.29) is 18.3 Å². The number of nitrogen functional groups attached to an aromatic ring is 1. The number of benzene rings is 3. The molecule has 0 spiro atoms. The van der Waals surface area contributed by atoms with E-state index >= 15 is 0 Å². The Morgan fingerprint density at radius 2 is 1.70 bits per heavy atom. The molecule has 2 N–H and O–H groups in total. The first-order valence-corrected chi connectivity index (χ1v) is 11.7. The van der Waals surface area contributed by atoms with Crippen molar-refractivity contribution >= 4 is 17.5 Å². The number of nitro groups is 1. The van der Waals surface area contributed by atoms with Crippen LogP contribution in [0, 0.1) is 21.7 Å². The summed E-state index contributed by atoms with van der Waals surface area (Å²) in [5.74, 6) is -3.35. The SMILES string of the molecule is CC(C)(C)OC(=O)N(Cc1ccc(Oc2c(F)cc([N+](=O)[O-])c(N)c2F)cc1)C1Cc2ccccc2C1. The summed E-state index contributed by atoms with van der Waals surface area (Å²) < 4.78 is 39.8. The molecule has 0 fully saturated rings. The zero-order valence-corrected chi connectivity index (χ0v) is 20.7. The predicted octanol–water partition coefficient (Wildman–Crippen LogP) is 6.15. The molecular formula is C27H27F2N3O5. The quantitative estimate of drug-likeness (QED) is 0.242. The summed E-state index contributed by atoms with van der Waals surface area (Å²) in [6.07, 6.45) is 0.976. The van der Waals surface area contributed by atoms with Crippen LogP contribution in [0.25, 0.3) is 0 Å². The molecule has 0 heterocycles. The number of fused-ring (bicyclic) bond motifs is 1. The lowest BCUT2D eigenvalue weighted by atomic mass is 10.1. The van der Waals surface area contributed by atoms with Gasteiger partial charge in [0.25, 0.3) is 5.69 Å². The molecule has 0 unspecified atom stereocenters. The third-order valence-electron chi connectivity index (χ3n) is 5.98. The Kier molecular flexibility index (Phi) is 7.02. The third-order valence-corrected chi connectivity index (χ3v) is 5.98. The summed E-state index contributed by atoms with van der Waals surface area (Å²) in [7, 11) is 0. The Hall–Kier alpha value is -4.21. The standard InChI is InChI=1S/C27H27F2N3O5/c1-27(2,3)37-26(33)31(19-12-17-6-4-5-7-18(17)13-19)15-16-8-10-20(11-9-16)36-25-21(28)14-22(32(34)35)24(30)23(25)29/h4-11,14,19H,12-13,15,30H2,1-3H3. The molecular weight excluding hydrogens is 484 g/mol. The number of nitrogens with zero attached hydrogens (tertiary/aromatic N) is 2. The van der Waals surface area contributed by atoms with Crippen molar-refractivity contribution in [3.8, 4) is 11.5 Å². The van der Waals surface area contributed by atoms with Crippen molar-refractivity contribution in [3.63, 3.8) is 0 Å². The van der Waals surface area contributed by atoms with Crippen LogP contribution >= 0.6 is 0 Å². The molecule has 0 atom stereocenters. The van der Waals surface area contributed by atoms with Crippen molar-refractivity contribution in [2.24, 2.45) is 0 Å². The van der Waals surface area contributed by atoms with Gasteiger partial charge in [-0.25, -0.2) is 13.6 Å². The number of rotatable bonds is 6. The zero-order chi connectivity index (χ0) is 26.9. The first-order valence-electron chi connectivity index (χ1n) is 11.7. The number of anilines is 1. The highest BCUT2D eigenvalue weighted by atomic mass is 19.1. The van der Waals surface area contributed by atoms with Crippen LogP contribution in [0.15, 0.2) is 54.6 Å². The molecule has 1 aliphatic rings. The zero-order valence-electron chi connectivity index (χ0n) is 20.7. The Bertz CT molecular complexity index is 1310. The molecule has 8 nitrogen and oxygen atoms in total. The fourth-order valence-electron chi connectivity index (χ4n) is 4.24. The van der Waals surface area contributed by atoms with E-state index in [9.17, 15) is 23.7 Å². The number of halogens is 2. The van der Waals surface area contributed by atoms with E-state index in [1.165, 1.54) is 23.3 Å². The van der Waals surface area contributed by atoms with Gasteiger partial charge in [0, 0.05) is 12.6 Å². The molecule has 0 aromatic heterocycles. The van der Waals surface area contributed by atoms with Crippen molar-refractivity contribution in [1.82, 2.24) is 4.90 Å². The number of carbonyl (C=O) groups excluding carboxylic acids is 1. The number of nitro benzene ring substituents is 1. The molecule has 194 valence electrons. The Morgan fingerprint density at radius 3 is 2.24 bits per heavy atom. The fourth-order valence-corrected chi connectivity index (χ4v) is 4.24. The van der Waals surface area contributed by atoms with Crippen LogP contribution in [0.1, 0.15) is 37.5 Å². The van der Waals surface area contributed by atoms with Crippen molar-refractivity contribution in [3.05, 3.63) is 93.0 Å². The molecule has 0 aliphatic heterocycles. The second-order valence-corrected chi connectivity index (χ2v) is 9.88. The smallest absolute Gasteiger partial charge is 0.410 e.